The molecule has 3 N–H and O–H groups in total. The number of aromatic amines is 1. The molecule has 0 bridgehead atoms. The molecule has 0 saturated heterocycles. The summed E-state index contributed by atoms with van der Waals surface area (Å²) in [6, 6.07) is 12.4. The Hall–Kier alpha value is -2.99. The van der Waals surface area contributed by atoms with Crippen LogP contribution in [0.15, 0.2) is 53.3 Å². The smallest absolute Gasteiger partial charge is 0.261 e. The van der Waals surface area contributed by atoms with Crippen molar-refractivity contribution < 1.29 is 14.3 Å². The molecule has 3 rings (SSSR count). The van der Waals surface area contributed by atoms with Crippen LogP contribution in [0.1, 0.15) is 15.9 Å². The fraction of sp³-hybridized carbons (Fsp3) is 0.0588. The van der Waals surface area contributed by atoms with Gasteiger partial charge in [0.05, 0.1) is 6.61 Å². The molecule has 0 aliphatic heterocycles. The second kappa shape index (κ2) is 6.02. The van der Waals surface area contributed by atoms with Gasteiger partial charge in [-0.25, -0.2) is 4.39 Å². The highest BCUT2D eigenvalue weighted by Gasteiger charge is 2.19. The van der Waals surface area contributed by atoms with E-state index >= 15 is 0 Å². The number of aliphatic hydroxyl groups is 1. The molecule has 0 aliphatic carbocycles. The van der Waals surface area contributed by atoms with E-state index in [0.717, 1.165) is 0 Å². The molecule has 0 spiro atoms. The summed E-state index contributed by atoms with van der Waals surface area (Å²) in [5.41, 5.74) is 0.101. The lowest BCUT2D eigenvalue weighted by Crippen LogP contribution is -2.26. The molecule has 1 amide bonds. The van der Waals surface area contributed by atoms with Gasteiger partial charge in [-0.3, -0.25) is 9.59 Å². The quantitative estimate of drug-likeness (QED) is 0.694. The molecule has 2 aromatic carbocycles. The van der Waals surface area contributed by atoms with Crippen LogP contribution in [-0.2, 0) is 6.61 Å². The van der Waals surface area contributed by atoms with E-state index in [-0.39, 0.29) is 11.1 Å². The van der Waals surface area contributed by atoms with Crippen molar-refractivity contribution in [3.63, 3.8) is 0 Å². The fourth-order valence-electron chi connectivity index (χ4n) is 2.45. The molecule has 1 heterocycles. The third-order valence-electron chi connectivity index (χ3n) is 3.50. The number of amides is 1. The van der Waals surface area contributed by atoms with Gasteiger partial charge in [-0.1, -0.05) is 18.2 Å². The van der Waals surface area contributed by atoms with E-state index in [1.807, 2.05) is 0 Å². The number of para-hydroxylation sites is 1. The molecular weight excluding hydrogens is 299 g/mol. The van der Waals surface area contributed by atoms with Crippen LogP contribution in [0, 0.1) is 5.82 Å². The van der Waals surface area contributed by atoms with Crippen LogP contribution in [0.5, 0.6) is 0 Å². The van der Waals surface area contributed by atoms with Crippen LogP contribution in [0.3, 0.4) is 0 Å². The lowest BCUT2D eigenvalue weighted by Gasteiger charge is -2.11. The molecular formula is C17H13FN2O3. The lowest BCUT2D eigenvalue weighted by molar-refractivity contribution is 0.102. The highest BCUT2D eigenvalue weighted by Crippen LogP contribution is 2.20. The van der Waals surface area contributed by atoms with Gasteiger partial charge in [-0.2, -0.15) is 0 Å². The highest BCUT2D eigenvalue weighted by atomic mass is 19.1. The van der Waals surface area contributed by atoms with Crippen molar-refractivity contribution >= 4 is 22.5 Å². The zero-order valence-electron chi connectivity index (χ0n) is 12.0. The van der Waals surface area contributed by atoms with Gasteiger partial charge >= 0.3 is 0 Å². The number of aliphatic hydroxyl groups excluding tert-OH is 1. The van der Waals surface area contributed by atoms with Gasteiger partial charge in [-0.15, -0.1) is 0 Å². The van der Waals surface area contributed by atoms with Crippen molar-refractivity contribution in [1.82, 2.24) is 4.98 Å². The zero-order valence-corrected chi connectivity index (χ0v) is 12.0. The van der Waals surface area contributed by atoms with Crippen LogP contribution in [0.4, 0.5) is 10.1 Å². The molecule has 23 heavy (non-hydrogen) atoms. The molecule has 3 aromatic rings. The number of rotatable bonds is 3. The van der Waals surface area contributed by atoms with Gasteiger partial charge in [0.25, 0.3) is 11.5 Å². The van der Waals surface area contributed by atoms with Crippen molar-refractivity contribution in [2.75, 3.05) is 5.32 Å². The Morgan fingerprint density at radius 3 is 2.61 bits per heavy atom. The minimum Gasteiger partial charge on any atom is -0.392 e. The predicted molar refractivity (Wildman–Crippen MR) is 84.8 cm³/mol. The summed E-state index contributed by atoms with van der Waals surface area (Å²) in [6.45, 7) is -0.554. The Morgan fingerprint density at radius 2 is 1.91 bits per heavy atom. The van der Waals surface area contributed by atoms with Crippen molar-refractivity contribution in [3.05, 3.63) is 75.8 Å². The molecule has 5 nitrogen and oxygen atoms in total. The third-order valence-corrected chi connectivity index (χ3v) is 3.50. The monoisotopic (exact) mass is 312 g/mol. The Morgan fingerprint density at radius 1 is 1.17 bits per heavy atom. The number of fused-ring (bicyclic) bond motifs is 1. The fourth-order valence-corrected chi connectivity index (χ4v) is 2.45. The Bertz CT molecular complexity index is 936. The maximum Gasteiger partial charge on any atom is 0.261 e. The number of carbonyl (C=O) groups excluding carboxylic acids is 1. The van der Waals surface area contributed by atoms with Crippen LogP contribution in [0.2, 0.25) is 0 Å². The Balaban J connectivity index is 2.14. The van der Waals surface area contributed by atoms with Crippen molar-refractivity contribution in [1.29, 1.82) is 0 Å². The molecule has 0 unspecified atom stereocenters. The zero-order chi connectivity index (χ0) is 16.4. The normalized spacial score (nSPS) is 10.7. The molecule has 0 radical (unpaired) electrons. The van der Waals surface area contributed by atoms with Crippen LogP contribution in [0.25, 0.3) is 10.9 Å². The van der Waals surface area contributed by atoms with Gasteiger partial charge in [0, 0.05) is 22.2 Å². The minimum absolute atomic E-state index is 0.0941. The van der Waals surface area contributed by atoms with Gasteiger partial charge in [-0.05, 0) is 30.3 Å². The highest BCUT2D eigenvalue weighted by molar-refractivity contribution is 6.07. The number of benzene rings is 2. The Kier molecular flexibility index (Phi) is 3.91. The topological polar surface area (TPSA) is 82.2 Å². The van der Waals surface area contributed by atoms with Gasteiger partial charge in [0.1, 0.15) is 11.4 Å². The first-order valence-corrected chi connectivity index (χ1v) is 6.92. The predicted octanol–water partition coefficient (Wildman–Crippen LogP) is 2.41. The summed E-state index contributed by atoms with van der Waals surface area (Å²) in [4.78, 5) is 27.1. The summed E-state index contributed by atoms with van der Waals surface area (Å²) in [6.07, 6.45) is 0. The number of halogens is 1. The summed E-state index contributed by atoms with van der Waals surface area (Å²) in [5, 5.41) is 12.5. The summed E-state index contributed by atoms with van der Waals surface area (Å²) in [5.74, 6) is -1.18. The number of aromatic nitrogens is 1. The van der Waals surface area contributed by atoms with E-state index < -0.39 is 23.9 Å². The number of hydrogen-bond acceptors (Lipinski definition) is 3. The molecule has 116 valence electrons. The van der Waals surface area contributed by atoms with E-state index in [2.05, 4.69) is 10.3 Å². The first-order valence-electron chi connectivity index (χ1n) is 6.92. The van der Waals surface area contributed by atoms with E-state index in [0.29, 0.717) is 16.6 Å². The van der Waals surface area contributed by atoms with Gasteiger partial charge in [0.2, 0.25) is 0 Å². The number of hydrogen-bond donors (Lipinski definition) is 3. The van der Waals surface area contributed by atoms with Crippen LogP contribution < -0.4 is 10.9 Å². The van der Waals surface area contributed by atoms with E-state index in [1.165, 1.54) is 18.2 Å². The number of nitrogens with one attached hydrogen (secondary N) is 2. The van der Waals surface area contributed by atoms with E-state index in [9.17, 15) is 19.1 Å². The number of anilines is 1. The van der Waals surface area contributed by atoms with Gasteiger partial charge in [0.15, 0.2) is 0 Å². The first-order chi connectivity index (χ1) is 11.1. The minimum atomic E-state index is -0.660. The standard InChI is InChI=1S/C17H13FN2O3/c18-10-6-7-14-12(8-10)13(9-21)15(17(23)20-14)16(22)19-11-4-2-1-3-5-11/h1-8,21H,9H2,(H,19,22)(H,20,23). The summed E-state index contributed by atoms with van der Waals surface area (Å²) < 4.78 is 13.5. The Labute approximate surface area is 130 Å². The van der Waals surface area contributed by atoms with Crippen molar-refractivity contribution in [2.45, 2.75) is 6.61 Å². The lowest BCUT2D eigenvalue weighted by atomic mass is 10.0. The van der Waals surface area contributed by atoms with Crippen molar-refractivity contribution in [3.8, 4) is 0 Å². The molecule has 6 heteroatoms. The largest absolute Gasteiger partial charge is 0.392 e. The summed E-state index contributed by atoms with van der Waals surface area (Å²) >= 11 is 0. The molecule has 0 saturated carbocycles. The van der Waals surface area contributed by atoms with Gasteiger partial charge < -0.3 is 15.4 Å². The molecule has 0 fully saturated rings. The van der Waals surface area contributed by atoms with Crippen LogP contribution in [-0.4, -0.2) is 16.0 Å². The molecule has 1 aromatic heterocycles. The SMILES string of the molecule is O=C(Nc1ccccc1)c1c(CO)c2cc(F)ccc2[nH]c1=O. The molecule has 0 atom stereocenters. The van der Waals surface area contributed by atoms with E-state index in [1.54, 1.807) is 30.3 Å². The third kappa shape index (κ3) is 2.84. The maximum atomic E-state index is 13.5. The number of pyridine rings is 1. The average Bonchev–Trinajstić information content (AvgIpc) is 2.54. The maximum absolute atomic E-state index is 13.5. The van der Waals surface area contributed by atoms with E-state index in [4.69, 9.17) is 0 Å². The second-order valence-corrected chi connectivity index (χ2v) is 4.98. The molecule has 0 aliphatic rings. The van der Waals surface area contributed by atoms with Crippen LogP contribution >= 0.6 is 0 Å². The average molecular weight is 312 g/mol. The summed E-state index contributed by atoms with van der Waals surface area (Å²) in [7, 11) is 0. The second-order valence-electron chi connectivity index (χ2n) is 4.98. The first kappa shape index (κ1) is 14.9. The number of H-pyrrole nitrogens is 1. The number of carbonyl (C=O) groups is 1. The van der Waals surface area contributed by atoms with Crippen molar-refractivity contribution in [2.24, 2.45) is 0 Å².